The number of carbonyl (C=O) groups excluding carboxylic acids is 4. The van der Waals surface area contributed by atoms with Crippen molar-refractivity contribution in [1.82, 2.24) is 4.90 Å². The van der Waals surface area contributed by atoms with E-state index in [1.54, 1.807) is 13.0 Å². The second-order valence-electron chi connectivity index (χ2n) is 7.32. The molecule has 3 amide bonds. The highest BCUT2D eigenvalue weighted by molar-refractivity contribution is 6.05. The Morgan fingerprint density at radius 2 is 1.83 bits per heavy atom. The topological polar surface area (TPSA) is 92.8 Å². The molecule has 29 heavy (non-hydrogen) atoms. The van der Waals surface area contributed by atoms with Gasteiger partial charge in [-0.3, -0.25) is 24.1 Å². The minimum Gasteiger partial charge on any atom is -0.452 e. The molecule has 1 N–H and O–H groups in total. The molecule has 0 bridgehead atoms. The van der Waals surface area contributed by atoms with Crippen LogP contribution in [0.4, 0.5) is 10.1 Å². The maximum absolute atomic E-state index is 13.6. The summed E-state index contributed by atoms with van der Waals surface area (Å²) in [6.45, 7) is 2.93. The SMILES string of the molecule is Cc1ccc(NC(=O)[C@@H](C)OC(=O)CCN2C(=O)[C@H]3CC=CC[C@H]3C2=O)cc1F. The highest BCUT2D eigenvalue weighted by atomic mass is 19.1. The van der Waals surface area contributed by atoms with Crippen molar-refractivity contribution >= 4 is 29.4 Å². The number of anilines is 1. The molecule has 0 spiro atoms. The molecule has 154 valence electrons. The van der Waals surface area contributed by atoms with Crippen molar-refractivity contribution in [2.45, 2.75) is 39.2 Å². The van der Waals surface area contributed by atoms with E-state index < -0.39 is 23.8 Å². The van der Waals surface area contributed by atoms with E-state index in [1.165, 1.54) is 19.1 Å². The number of carbonyl (C=O) groups is 4. The van der Waals surface area contributed by atoms with Crippen LogP contribution in [0.1, 0.15) is 31.7 Å². The van der Waals surface area contributed by atoms with Gasteiger partial charge in [-0.1, -0.05) is 18.2 Å². The number of hydrogen-bond acceptors (Lipinski definition) is 5. The molecule has 0 aromatic heterocycles. The molecule has 1 aromatic carbocycles. The van der Waals surface area contributed by atoms with Gasteiger partial charge < -0.3 is 10.1 Å². The molecular formula is C21H23FN2O5. The average molecular weight is 402 g/mol. The summed E-state index contributed by atoms with van der Waals surface area (Å²) in [5.41, 5.74) is 0.703. The normalized spacial score (nSPS) is 21.7. The summed E-state index contributed by atoms with van der Waals surface area (Å²) in [6, 6.07) is 4.25. The Hall–Kier alpha value is -3.03. The summed E-state index contributed by atoms with van der Waals surface area (Å²) in [5, 5.41) is 2.48. The lowest BCUT2D eigenvalue weighted by Gasteiger charge is -2.16. The summed E-state index contributed by atoms with van der Waals surface area (Å²) in [6.07, 6.45) is 3.55. The number of halogens is 1. The van der Waals surface area contributed by atoms with Crippen molar-refractivity contribution < 1.29 is 28.3 Å². The Balaban J connectivity index is 1.48. The monoisotopic (exact) mass is 402 g/mol. The minimum absolute atomic E-state index is 0.0684. The quantitative estimate of drug-likeness (QED) is 0.448. The second kappa shape index (κ2) is 8.55. The van der Waals surface area contributed by atoms with Gasteiger partial charge in [-0.15, -0.1) is 0 Å². The van der Waals surface area contributed by atoms with Crippen LogP contribution < -0.4 is 5.32 Å². The van der Waals surface area contributed by atoms with E-state index in [0.717, 1.165) is 4.90 Å². The fourth-order valence-corrected chi connectivity index (χ4v) is 3.52. The molecular weight excluding hydrogens is 379 g/mol. The van der Waals surface area contributed by atoms with Gasteiger partial charge in [0.2, 0.25) is 11.8 Å². The molecule has 1 saturated heterocycles. The van der Waals surface area contributed by atoms with Gasteiger partial charge in [0.05, 0.1) is 18.3 Å². The number of nitrogens with zero attached hydrogens (tertiary/aromatic N) is 1. The summed E-state index contributed by atoms with van der Waals surface area (Å²) in [5.74, 6) is -2.97. The van der Waals surface area contributed by atoms with E-state index in [4.69, 9.17) is 4.74 Å². The van der Waals surface area contributed by atoms with Crippen LogP contribution in [0.3, 0.4) is 0 Å². The zero-order valence-electron chi connectivity index (χ0n) is 16.3. The van der Waals surface area contributed by atoms with Crippen LogP contribution in [-0.2, 0) is 23.9 Å². The van der Waals surface area contributed by atoms with Crippen molar-refractivity contribution in [2.75, 3.05) is 11.9 Å². The van der Waals surface area contributed by atoms with E-state index in [9.17, 15) is 23.6 Å². The van der Waals surface area contributed by atoms with Crippen molar-refractivity contribution in [3.05, 3.63) is 41.7 Å². The highest BCUT2D eigenvalue weighted by Crippen LogP contribution is 2.35. The molecule has 1 heterocycles. The van der Waals surface area contributed by atoms with Gasteiger partial charge in [0.25, 0.3) is 5.91 Å². The van der Waals surface area contributed by atoms with Crippen LogP contribution in [-0.4, -0.2) is 41.2 Å². The number of benzene rings is 1. The van der Waals surface area contributed by atoms with E-state index in [1.807, 2.05) is 12.2 Å². The van der Waals surface area contributed by atoms with Crippen LogP contribution in [0.25, 0.3) is 0 Å². The molecule has 0 unspecified atom stereocenters. The predicted octanol–water partition coefficient (Wildman–Crippen LogP) is 2.35. The van der Waals surface area contributed by atoms with Gasteiger partial charge in [-0.25, -0.2) is 4.39 Å². The Morgan fingerprint density at radius 3 is 2.41 bits per heavy atom. The van der Waals surface area contributed by atoms with Crippen LogP contribution in [0.15, 0.2) is 30.4 Å². The Kier molecular flexibility index (Phi) is 6.10. The number of aryl methyl sites for hydroxylation is 1. The second-order valence-corrected chi connectivity index (χ2v) is 7.32. The fraction of sp³-hybridized carbons (Fsp3) is 0.429. The number of amides is 3. The van der Waals surface area contributed by atoms with Gasteiger partial charge in [0, 0.05) is 12.2 Å². The third-order valence-corrected chi connectivity index (χ3v) is 5.26. The van der Waals surface area contributed by atoms with Gasteiger partial charge in [-0.2, -0.15) is 0 Å². The first-order valence-corrected chi connectivity index (χ1v) is 9.54. The first-order chi connectivity index (χ1) is 13.8. The molecule has 0 radical (unpaired) electrons. The lowest BCUT2D eigenvalue weighted by Crippen LogP contribution is -2.35. The standard InChI is InChI=1S/C21H23FN2O5/c1-12-7-8-14(11-17(12)22)23-19(26)13(2)29-18(25)9-10-24-20(27)15-5-3-4-6-16(15)21(24)28/h3-4,7-8,11,13,15-16H,5-6,9-10H2,1-2H3,(H,23,26)/t13-,15-,16+/m1/s1. The lowest BCUT2D eigenvalue weighted by atomic mass is 9.85. The van der Waals surface area contributed by atoms with Crippen molar-refractivity contribution in [3.63, 3.8) is 0 Å². The highest BCUT2D eigenvalue weighted by Gasteiger charge is 2.47. The number of esters is 1. The van der Waals surface area contributed by atoms with E-state index in [2.05, 4.69) is 5.32 Å². The average Bonchev–Trinajstić information content (AvgIpc) is 2.93. The van der Waals surface area contributed by atoms with E-state index >= 15 is 0 Å². The summed E-state index contributed by atoms with van der Waals surface area (Å²) < 4.78 is 18.6. The first kappa shape index (κ1) is 20.7. The smallest absolute Gasteiger partial charge is 0.308 e. The zero-order valence-corrected chi connectivity index (χ0v) is 16.3. The van der Waals surface area contributed by atoms with Crippen molar-refractivity contribution in [1.29, 1.82) is 0 Å². The molecule has 0 saturated carbocycles. The number of ether oxygens (including phenoxy) is 1. The first-order valence-electron chi connectivity index (χ1n) is 9.54. The van der Waals surface area contributed by atoms with E-state index in [0.29, 0.717) is 18.4 Å². The Labute approximate surface area is 167 Å². The molecule has 1 fully saturated rings. The molecule has 2 aliphatic rings. The number of rotatable bonds is 6. The number of fused-ring (bicyclic) bond motifs is 1. The number of imide groups is 1. The largest absolute Gasteiger partial charge is 0.452 e. The molecule has 3 rings (SSSR count). The van der Waals surface area contributed by atoms with Crippen molar-refractivity contribution in [3.8, 4) is 0 Å². The van der Waals surface area contributed by atoms with Crippen LogP contribution in [0, 0.1) is 24.6 Å². The predicted molar refractivity (Wildman–Crippen MR) is 102 cm³/mol. The van der Waals surface area contributed by atoms with Crippen LogP contribution in [0.5, 0.6) is 0 Å². The molecule has 1 aliphatic heterocycles. The molecule has 1 aromatic rings. The van der Waals surface area contributed by atoms with Crippen LogP contribution >= 0.6 is 0 Å². The number of allylic oxidation sites excluding steroid dienone is 2. The van der Waals surface area contributed by atoms with E-state index in [-0.39, 0.29) is 42.3 Å². The number of likely N-dealkylation sites (tertiary alicyclic amines) is 1. The third kappa shape index (κ3) is 4.52. The lowest BCUT2D eigenvalue weighted by molar-refractivity contribution is -0.154. The van der Waals surface area contributed by atoms with Gasteiger partial charge in [-0.05, 0) is 44.4 Å². The molecule has 1 aliphatic carbocycles. The summed E-state index contributed by atoms with van der Waals surface area (Å²) in [7, 11) is 0. The minimum atomic E-state index is -1.11. The number of nitrogens with one attached hydrogen (secondary N) is 1. The molecule has 8 heteroatoms. The number of hydrogen-bond donors (Lipinski definition) is 1. The van der Waals surface area contributed by atoms with Crippen molar-refractivity contribution in [2.24, 2.45) is 11.8 Å². The molecule has 7 nitrogen and oxygen atoms in total. The van der Waals surface area contributed by atoms with Gasteiger partial charge in [0.15, 0.2) is 6.10 Å². The maximum Gasteiger partial charge on any atom is 0.308 e. The fourth-order valence-electron chi connectivity index (χ4n) is 3.52. The van der Waals surface area contributed by atoms with Gasteiger partial charge >= 0.3 is 5.97 Å². The Morgan fingerprint density at radius 1 is 1.21 bits per heavy atom. The van der Waals surface area contributed by atoms with Crippen LogP contribution in [0.2, 0.25) is 0 Å². The molecule has 3 atom stereocenters. The third-order valence-electron chi connectivity index (χ3n) is 5.26. The summed E-state index contributed by atoms with van der Waals surface area (Å²) in [4.78, 5) is 50.1. The summed E-state index contributed by atoms with van der Waals surface area (Å²) >= 11 is 0. The van der Waals surface area contributed by atoms with Gasteiger partial charge in [0.1, 0.15) is 5.82 Å². The Bertz CT molecular complexity index is 856. The zero-order chi connectivity index (χ0) is 21.1. The maximum atomic E-state index is 13.6.